The Hall–Kier alpha value is -1.43. The van der Waals surface area contributed by atoms with Crippen molar-refractivity contribution in [2.45, 2.75) is 45.4 Å². The lowest BCUT2D eigenvalue weighted by Gasteiger charge is -2.60. The molecule has 120 valence electrons. The van der Waals surface area contributed by atoms with E-state index in [2.05, 4.69) is 28.5 Å². The standard InChI is InChI=1S/C17H25N3O2/c1-4-22-14-9-17(12-21,16(14,2)3)19-11-13-10-18-15-7-5-6-8-20(13)15/h5-8,10,14,19,21H,4,9,11-12H2,1-3H3/t14-,17-/m1/s1. The number of nitrogens with one attached hydrogen (secondary N) is 1. The van der Waals surface area contributed by atoms with Crippen LogP contribution in [0.3, 0.4) is 0 Å². The van der Waals surface area contributed by atoms with Gasteiger partial charge in [-0.15, -0.1) is 0 Å². The molecule has 0 aromatic carbocycles. The van der Waals surface area contributed by atoms with Crippen molar-refractivity contribution in [2.75, 3.05) is 13.2 Å². The number of hydrogen-bond acceptors (Lipinski definition) is 4. The molecule has 1 aliphatic rings. The molecule has 0 aliphatic heterocycles. The number of aromatic nitrogens is 2. The van der Waals surface area contributed by atoms with E-state index >= 15 is 0 Å². The third-order valence-corrected chi connectivity index (χ3v) is 5.31. The summed E-state index contributed by atoms with van der Waals surface area (Å²) in [6.45, 7) is 7.83. The zero-order chi connectivity index (χ0) is 15.8. The van der Waals surface area contributed by atoms with Crippen LogP contribution in [0, 0.1) is 5.41 Å². The summed E-state index contributed by atoms with van der Waals surface area (Å²) < 4.78 is 7.86. The number of hydrogen-bond donors (Lipinski definition) is 2. The minimum atomic E-state index is -0.300. The van der Waals surface area contributed by atoms with Crippen LogP contribution in [0.5, 0.6) is 0 Å². The molecule has 5 nitrogen and oxygen atoms in total. The number of rotatable bonds is 6. The van der Waals surface area contributed by atoms with Crippen LogP contribution in [0.4, 0.5) is 0 Å². The number of imidazole rings is 1. The number of pyridine rings is 1. The third-order valence-electron chi connectivity index (χ3n) is 5.31. The maximum Gasteiger partial charge on any atom is 0.136 e. The first-order chi connectivity index (χ1) is 10.5. The van der Waals surface area contributed by atoms with Gasteiger partial charge in [-0.25, -0.2) is 4.98 Å². The SMILES string of the molecule is CCO[C@@H]1C[C@](CO)(NCc2cnc3ccccn23)C1(C)C. The van der Waals surface area contributed by atoms with E-state index in [9.17, 15) is 5.11 Å². The highest BCUT2D eigenvalue weighted by atomic mass is 16.5. The van der Waals surface area contributed by atoms with Gasteiger partial charge in [0.25, 0.3) is 0 Å². The van der Waals surface area contributed by atoms with Gasteiger partial charge in [0.2, 0.25) is 0 Å². The summed E-state index contributed by atoms with van der Waals surface area (Å²) in [7, 11) is 0. The van der Waals surface area contributed by atoms with Crippen LogP contribution in [-0.2, 0) is 11.3 Å². The minimum Gasteiger partial charge on any atom is -0.394 e. The van der Waals surface area contributed by atoms with E-state index < -0.39 is 0 Å². The minimum absolute atomic E-state index is 0.0990. The fraction of sp³-hybridized carbons (Fsp3) is 0.588. The van der Waals surface area contributed by atoms with E-state index in [1.54, 1.807) is 0 Å². The molecule has 3 rings (SSSR count). The first kappa shape index (κ1) is 15.5. The first-order valence-corrected chi connectivity index (χ1v) is 7.92. The molecule has 2 heterocycles. The van der Waals surface area contributed by atoms with Crippen molar-refractivity contribution in [2.24, 2.45) is 5.41 Å². The Bertz CT molecular complexity index is 652. The highest BCUT2D eigenvalue weighted by Gasteiger charge is 2.60. The van der Waals surface area contributed by atoms with Crippen LogP contribution in [0.15, 0.2) is 30.6 Å². The first-order valence-electron chi connectivity index (χ1n) is 7.92. The van der Waals surface area contributed by atoms with E-state index in [-0.39, 0.29) is 23.7 Å². The van der Waals surface area contributed by atoms with Crippen LogP contribution in [0.2, 0.25) is 0 Å². The van der Waals surface area contributed by atoms with Gasteiger partial charge in [0, 0.05) is 24.8 Å². The summed E-state index contributed by atoms with van der Waals surface area (Å²) in [5.41, 5.74) is 1.64. The summed E-state index contributed by atoms with van der Waals surface area (Å²) in [6.07, 6.45) is 4.93. The summed E-state index contributed by atoms with van der Waals surface area (Å²) in [4.78, 5) is 4.41. The second-order valence-electron chi connectivity index (χ2n) is 6.64. The number of fused-ring (bicyclic) bond motifs is 1. The molecule has 1 aliphatic carbocycles. The lowest BCUT2D eigenvalue weighted by Crippen LogP contribution is -2.73. The monoisotopic (exact) mass is 303 g/mol. The summed E-state index contributed by atoms with van der Waals surface area (Å²) in [6, 6.07) is 5.97. The smallest absolute Gasteiger partial charge is 0.136 e. The Morgan fingerprint density at radius 2 is 2.27 bits per heavy atom. The molecule has 0 unspecified atom stereocenters. The van der Waals surface area contributed by atoms with Gasteiger partial charge >= 0.3 is 0 Å². The quantitative estimate of drug-likeness (QED) is 0.857. The molecule has 2 aromatic heterocycles. The average molecular weight is 303 g/mol. The third kappa shape index (κ3) is 2.24. The molecule has 2 atom stereocenters. The predicted octanol–water partition coefficient (Wildman–Crippen LogP) is 1.99. The van der Waals surface area contributed by atoms with Crippen LogP contribution in [-0.4, -0.2) is 39.3 Å². The van der Waals surface area contributed by atoms with Crippen molar-refractivity contribution in [1.29, 1.82) is 0 Å². The molecule has 1 saturated carbocycles. The summed E-state index contributed by atoms with van der Waals surface area (Å²) in [5.74, 6) is 0. The number of nitrogens with zero attached hydrogens (tertiary/aromatic N) is 2. The predicted molar refractivity (Wildman–Crippen MR) is 85.7 cm³/mol. The number of aliphatic hydroxyl groups excluding tert-OH is 1. The second-order valence-corrected chi connectivity index (χ2v) is 6.64. The van der Waals surface area contributed by atoms with Crippen molar-refractivity contribution < 1.29 is 9.84 Å². The zero-order valence-corrected chi connectivity index (χ0v) is 13.5. The van der Waals surface area contributed by atoms with E-state index in [1.165, 1.54) is 0 Å². The fourth-order valence-electron chi connectivity index (χ4n) is 3.48. The van der Waals surface area contributed by atoms with Crippen LogP contribution >= 0.6 is 0 Å². The van der Waals surface area contributed by atoms with E-state index in [4.69, 9.17) is 4.74 Å². The molecule has 5 heteroatoms. The van der Waals surface area contributed by atoms with E-state index in [1.807, 2.05) is 37.5 Å². The molecular weight excluding hydrogens is 278 g/mol. The molecule has 1 fully saturated rings. The van der Waals surface area contributed by atoms with Crippen LogP contribution < -0.4 is 5.32 Å². The Kier molecular flexibility index (Phi) is 3.97. The maximum absolute atomic E-state index is 9.96. The molecule has 2 N–H and O–H groups in total. The Morgan fingerprint density at radius 1 is 1.45 bits per heavy atom. The fourth-order valence-corrected chi connectivity index (χ4v) is 3.48. The largest absolute Gasteiger partial charge is 0.394 e. The lowest BCUT2D eigenvalue weighted by atomic mass is 9.54. The van der Waals surface area contributed by atoms with Crippen LogP contribution in [0.1, 0.15) is 32.9 Å². The highest BCUT2D eigenvalue weighted by molar-refractivity contribution is 5.39. The second kappa shape index (κ2) is 5.65. The number of aliphatic hydroxyl groups is 1. The molecule has 0 radical (unpaired) electrons. The molecule has 0 bridgehead atoms. The van der Waals surface area contributed by atoms with Gasteiger partial charge < -0.3 is 19.6 Å². The number of ether oxygens (including phenoxy) is 1. The van der Waals surface area contributed by atoms with Gasteiger partial charge in [-0.2, -0.15) is 0 Å². The normalized spacial score (nSPS) is 27.0. The van der Waals surface area contributed by atoms with Gasteiger partial charge in [0.15, 0.2) is 0 Å². The summed E-state index contributed by atoms with van der Waals surface area (Å²) in [5, 5.41) is 13.5. The average Bonchev–Trinajstić information content (AvgIpc) is 2.93. The molecule has 0 amide bonds. The Morgan fingerprint density at radius 3 is 2.95 bits per heavy atom. The summed E-state index contributed by atoms with van der Waals surface area (Å²) >= 11 is 0. The van der Waals surface area contributed by atoms with Gasteiger partial charge in [-0.1, -0.05) is 19.9 Å². The van der Waals surface area contributed by atoms with E-state index in [0.29, 0.717) is 13.2 Å². The molecular formula is C17H25N3O2. The zero-order valence-electron chi connectivity index (χ0n) is 13.5. The van der Waals surface area contributed by atoms with Gasteiger partial charge in [0.1, 0.15) is 5.65 Å². The van der Waals surface area contributed by atoms with Gasteiger partial charge in [-0.3, -0.25) is 0 Å². The molecule has 0 saturated heterocycles. The molecule has 2 aromatic rings. The topological polar surface area (TPSA) is 58.8 Å². The van der Waals surface area contributed by atoms with Crippen molar-refractivity contribution in [1.82, 2.24) is 14.7 Å². The Labute approximate surface area is 131 Å². The maximum atomic E-state index is 9.96. The van der Waals surface area contributed by atoms with Crippen molar-refractivity contribution >= 4 is 5.65 Å². The lowest BCUT2D eigenvalue weighted by molar-refractivity contribution is -0.177. The van der Waals surface area contributed by atoms with Gasteiger partial charge in [-0.05, 0) is 25.5 Å². The van der Waals surface area contributed by atoms with Crippen LogP contribution in [0.25, 0.3) is 5.65 Å². The van der Waals surface area contributed by atoms with Gasteiger partial charge in [0.05, 0.1) is 30.1 Å². The van der Waals surface area contributed by atoms with Crippen molar-refractivity contribution in [3.05, 3.63) is 36.3 Å². The van der Waals surface area contributed by atoms with Crippen molar-refractivity contribution in [3.63, 3.8) is 0 Å². The Balaban J connectivity index is 1.75. The molecule has 22 heavy (non-hydrogen) atoms. The molecule has 0 spiro atoms. The highest BCUT2D eigenvalue weighted by Crippen LogP contribution is 2.51. The van der Waals surface area contributed by atoms with E-state index in [0.717, 1.165) is 17.8 Å². The van der Waals surface area contributed by atoms with Crippen molar-refractivity contribution in [3.8, 4) is 0 Å².